The van der Waals surface area contributed by atoms with Gasteiger partial charge in [-0.2, -0.15) is 5.26 Å². The number of hydrogen-bond acceptors (Lipinski definition) is 5. The van der Waals surface area contributed by atoms with Crippen LogP contribution in [0.5, 0.6) is 0 Å². The topological polar surface area (TPSA) is 65.8 Å². The molecule has 1 aliphatic heterocycles. The van der Waals surface area contributed by atoms with Crippen molar-refractivity contribution in [1.29, 1.82) is 5.26 Å². The highest BCUT2D eigenvalue weighted by Crippen LogP contribution is 2.29. The third kappa shape index (κ3) is 5.15. The first kappa shape index (κ1) is 19.2. The molecule has 0 radical (unpaired) electrons. The fourth-order valence-corrected chi connectivity index (χ4v) is 2.85. The highest BCUT2D eigenvalue weighted by atomic mass is 19.1. The van der Waals surface area contributed by atoms with E-state index in [4.69, 9.17) is 9.47 Å². The smallest absolute Gasteiger partial charge is 0.248 e. The monoisotopic (exact) mass is 349 g/mol. The SMILES string of the molecule is CN(C)C(=O)COC[C@@H]1CN(c2ccc(F)cc2C#N)CC(C)(C)O1. The zero-order valence-corrected chi connectivity index (χ0v) is 15.1. The van der Waals surface area contributed by atoms with Crippen molar-refractivity contribution >= 4 is 11.6 Å². The number of likely N-dealkylation sites (N-methyl/N-ethyl adjacent to an activating group) is 1. The number of nitriles is 1. The van der Waals surface area contributed by atoms with Gasteiger partial charge in [-0.15, -0.1) is 0 Å². The van der Waals surface area contributed by atoms with Crippen LogP contribution in [0.15, 0.2) is 18.2 Å². The van der Waals surface area contributed by atoms with Gasteiger partial charge in [0.1, 0.15) is 18.5 Å². The number of rotatable bonds is 5. The number of benzene rings is 1. The molecule has 0 saturated carbocycles. The Kier molecular flexibility index (Phi) is 5.98. The van der Waals surface area contributed by atoms with E-state index in [0.29, 0.717) is 24.3 Å². The number of amides is 1. The quantitative estimate of drug-likeness (QED) is 0.811. The highest BCUT2D eigenvalue weighted by molar-refractivity contribution is 5.76. The van der Waals surface area contributed by atoms with E-state index in [1.807, 2.05) is 24.8 Å². The minimum Gasteiger partial charge on any atom is -0.369 e. The van der Waals surface area contributed by atoms with E-state index in [9.17, 15) is 14.4 Å². The molecule has 1 aliphatic rings. The van der Waals surface area contributed by atoms with Gasteiger partial charge in [-0.1, -0.05) is 0 Å². The Labute approximate surface area is 147 Å². The Hall–Kier alpha value is -2.17. The minimum absolute atomic E-state index is 0.00666. The molecule has 2 rings (SSSR count). The number of ether oxygens (including phenoxy) is 2. The molecule has 0 aromatic heterocycles. The van der Waals surface area contributed by atoms with Gasteiger partial charge in [0.05, 0.1) is 29.6 Å². The lowest BCUT2D eigenvalue weighted by Crippen LogP contribution is -2.54. The molecule has 6 nitrogen and oxygen atoms in total. The fourth-order valence-electron chi connectivity index (χ4n) is 2.85. The Morgan fingerprint density at radius 1 is 1.52 bits per heavy atom. The summed E-state index contributed by atoms with van der Waals surface area (Å²) in [5.41, 5.74) is 0.508. The van der Waals surface area contributed by atoms with E-state index in [0.717, 1.165) is 0 Å². The third-order valence-electron chi connectivity index (χ3n) is 3.93. The van der Waals surface area contributed by atoms with E-state index in [-0.39, 0.29) is 25.2 Å². The van der Waals surface area contributed by atoms with Crippen molar-refractivity contribution in [2.45, 2.75) is 25.6 Å². The zero-order chi connectivity index (χ0) is 18.6. The summed E-state index contributed by atoms with van der Waals surface area (Å²) in [7, 11) is 3.34. The van der Waals surface area contributed by atoms with Crippen LogP contribution < -0.4 is 4.90 Å². The molecule has 25 heavy (non-hydrogen) atoms. The van der Waals surface area contributed by atoms with E-state index in [2.05, 4.69) is 0 Å². The van der Waals surface area contributed by atoms with Gasteiger partial charge in [-0.05, 0) is 32.0 Å². The number of nitrogens with zero attached hydrogens (tertiary/aromatic N) is 3. The van der Waals surface area contributed by atoms with E-state index in [1.165, 1.54) is 17.0 Å². The Bertz CT molecular complexity index is 670. The first-order valence-electron chi connectivity index (χ1n) is 8.12. The third-order valence-corrected chi connectivity index (χ3v) is 3.93. The van der Waals surface area contributed by atoms with Crippen LogP contribution in [-0.4, -0.2) is 62.9 Å². The van der Waals surface area contributed by atoms with E-state index < -0.39 is 11.4 Å². The lowest BCUT2D eigenvalue weighted by molar-refractivity contribution is -0.139. The predicted molar refractivity (Wildman–Crippen MR) is 91.8 cm³/mol. The summed E-state index contributed by atoms with van der Waals surface area (Å²) >= 11 is 0. The van der Waals surface area contributed by atoms with Crippen LogP contribution in [0.25, 0.3) is 0 Å². The van der Waals surface area contributed by atoms with Crippen LogP contribution in [0, 0.1) is 17.1 Å². The summed E-state index contributed by atoms with van der Waals surface area (Å²) in [5.74, 6) is -0.549. The average Bonchev–Trinajstić information content (AvgIpc) is 2.52. The van der Waals surface area contributed by atoms with Crippen LogP contribution in [-0.2, 0) is 14.3 Å². The van der Waals surface area contributed by atoms with Crippen LogP contribution in [0.1, 0.15) is 19.4 Å². The fraction of sp³-hybridized carbons (Fsp3) is 0.556. The summed E-state index contributed by atoms with van der Waals surface area (Å²) < 4.78 is 24.9. The molecular weight excluding hydrogens is 325 g/mol. The van der Waals surface area contributed by atoms with Gasteiger partial charge in [0, 0.05) is 27.2 Å². The molecule has 0 N–H and O–H groups in total. The van der Waals surface area contributed by atoms with Crippen molar-refractivity contribution in [3.8, 4) is 6.07 Å². The molecule has 1 atom stereocenters. The highest BCUT2D eigenvalue weighted by Gasteiger charge is 2.34. The van der Waals surface area contributed by atoms with Crippen molar-refractivity contribution in [2.24, 2.45) is 0 Å². The molecule has 1 aromatic rings. The normalized spacial score (nSPS) is 19.4. The van der Waals surface area contributed by atoms with E-state index >= 15 is 0 Å². The van der Waals surface area contributed by atoms with Crippen molar-refractivity contribution in [1.82, 2.24) is 4.90 Å². The van der Waals surface area contributed by atoms with Crippen LogP contribution in [0.3, 0.4) is 0 Å². The molecule has 7 heteroatoms. The standard InChI is InChI=1S/C18H24FN3O3/c1-18(2)12-22(16-6-5-14(19)7-13(16)8-20)9-15(25-18)10-24-11-17(23)21(3)4/h5-7,15H,9-12H2,1-4H3/t15-/m0/s1. The zero-order valence-electron chi connectivity index (χ0n) is 15.1. The van der Waals surface area contributed by atoms with Crippen LogP contribution >= 0.6 is 0 Å². The molecule has 1 heterocycles. The second-order valence-electron chi connectivity index (χ2n) is 6.96. The molecule has 1 aromatic carbocycles. The van der Waals surface area contributed by atoms with Gasteiger partial charge in [-0.25, -0.2) is 4.39 Å². The Morgan fingerprint density at radius 3 is 2.88 bits per heavy atom. The van der Waals surface area contributed by atoms with Gasteiger partial charge < -0.3 is 19.3 Å². The summed E-state index contributed by atoms with van der Waals surface area (Å²) in [6, 6.07) is 6.24. The molecule has 0 unspecified atom stereocenters. The number of morpholine rings is 1. The van der Waals surface area contributed by atoms with Crippen LogP contribution in [0.4, 0.5) is 10.1 Å². The average molecular weight is 349 g/mol. The Morgan fingerprint density at radius 2 is 2.24 bits per heavy atom. The summed E-state index contributed by atoms with van der Waals surface area (Å²) in [6.45, 7) is 5.23. The summed E-state index contributed by atoms with van der Waals surface area (Å²) in [6.07, 6.45) is -0.254. The predicted octanol–water partition coefficient (Wildman–Crippen LogP) is 1.79. The maximum atomic E-state index is 13.4. The molecule has 136 valence electrons. The summed E-state index contributed by atoms with van der Waals surface area (Å²) in [5, 5.41) is 9.28. The molecular formula is C18H24FN3O3. The van der Waals surface area contributed by atoms with Crippen LogP contribution in [0.2, 0.25) is 0 Å². The number of halogens is 1. The first-order valence-corrected chi connectivity index (χ1v) is 8.12. The number of hydrogen-bond donors (Lipinski definition) is 0. The molecule has 0 spiro atoms. The van der Waals surface area contributed by atoms with Crippen molar-refractivity contribution in [3.63, 3.8) is 0 Å². The second-order valence-corrected chi connectivity index (χ2v) is 6.96. The molecule has 1 amide bonds. The maximum absolute atomic E-state index is 13.4. The Balaban J connectivity index is 2.08. The van der Waals surface area contributed by atoms with Crippen molar-refractivity contribution in [2.75, 3.05) is 45.3 Å². The molecule has 1 saturated heterocycles. The van der Waals surface area contributed by atoms with Crippen molar-refractivity contribution < 1.29 is 18.7 Å². The summed E-state index contributed by atoms with van der Waals surface area (Å²) in [4.78, 5) is 15.1. The van der Waals surface area contributed by atoms with Gasteiger partial charge in [0.2, 0.25) is 5.91 Å². The number of anilines is 1. The van der Waals surface area contributed by atoms with Gasteiger partial charge >= 0.3 is 0 Å². The number of carbonyl (C=O) groups is 1. The lowest BCUT2D eigenvalue weighted by atomic mass is 10.0. The van der Waals surface area contributed by atoms with E-state index in [1.54, 1.807) is 20.2 Å². The largest absolute Gasteiger partial charge is 0.369 e. The first-order chi connectivity index (χ1) is 11.7. The van der Waals surface area contributed by atoms with Gasteiger partial charge in [0.15, 0.2) is 0 Å². The molecule has 1 fully saturated rings. The van der Waals surface area contributed by atoms with Crippen molar-refractivity contribution in [3.05, 3.63) is 29.6 Å². The molecule has 0 bridgehead atoms. The molecule has 0 aliphatic carbocycles. The maximum Gasteiger partial charge on any atom is 0.248 e. The second kappa shape index (κ2) is 7.81. The van der Waals surface area contributed by atoms with Gasteiger partial charge in [0.25, 0.3) is 0 Å². The van der Waals surface area contributed by atoms with Gasteiger partial charge in [-0.3, -0.25) is 4.79 Å². The number of carbonyl (C=O) groups excluding carboxylic acids is 1. The lowest BCUT2D eigenvalue weighted by Gasteiger charge is -2.44. The minimum atomic E-state index is -0.459.